The molecule has 0 saturated carbocycles. The van der Waals surface area contributed by atoms with Crippen molar-refractivity contribution in [3.63, 3.8) is 0 Å². The number of nitrogen functional groups attached to an aromatic ring is 1. The van der Waals surface area contributed by atoms with E-state index < -0.39 is 29.9 Å². The van der Waals surface area contributed by atoms with Gasteiger partial charge in [-0.2, -0.15) is 0 Å². The Kier molecular flexibility index (Phi) is 3.91. The maximum absolute atomic E-state index is 10.7. The van der Waals surface area contributed by atoms with Crippen molar-refractivity contribution >= 4 is 17.3 Å². The Bertz CT molecular complexity index is 381. The molecule has 1 aromatic heterocycles. The first-order chi connectivity index (χ1) is 7.60. The number of nitro groups is 1. The molecular weight excluding hydrogens is 218 g/mol. The summed E-state index contributed by atoms with van der Waals surface area (Å²) in [5.41, 5.74) is 4.85. The lowest BCUT2D eigenvalue weighted by atomic mass is 10.3. The van der Waals surface area contributed by atoms with Gasteiger partial charge in [-0.3, -0.25) is 10.1 Å². The van der Waals surface area contributed by atoms with E-state index in [1.807, 2.05) is 0 Å². The van der Waals surface area contributed by atoms with E-state index >= 15 is 0 Å². The van der Waals surface area contributed by atoms with Crippen molar-refractivity contribution in [1.29, 1.82) is 0 Å². The maximum Gasteiger partial charge on any atom is 0.352 e. The van der Waals surface area contributed by atoms with Gasteiger partial charge in [0, 0.05) is 0 Å². The van der Waals surface area contributed by atoms with E-state index in [1.165, 1.54) is 0 Å². The summed E-state index contributed by atoms with van der Waals surface area (Å²) < 4.78 is 0. The topological polar surface area (TPSA) is 147 Å². The number of rotatable bonds is 5. The van der Waals surface area contributed by atoms with E-state index in [0.29, 0.717) is 0 Å². The molecule has 0 amide bonds. The fraction of sp³-hybridized carbons (Fsp3) is 0.429. The molecule has 0 aliphatic heterocycles. The molecule has 5 N–H and O–H groups in total. The van der Waals surface area contributed by atoms with E-state index in [4.69, 9.17) is 15.9 Å². The zero-order valence-corrected chi connectivity index (χ0v) is 8.20. The summed E-state index contributed by atoms with van der Waals surface area (Å²) in [6.07, 6.45) is 1.05. The number of nitrogens with two attached hydrogens (primary N) is 1. The van der Waals surface area contributed by atoms with E-state index in [2.05, 4.69) is 15.3 Å². The molecule has 9 heteroatoms. The summed E-state index contributed by atoms with van der Waals surface area (Å²) in [6, 6.07) is -0.743. The highest BCUT2D eigenvalue weighted by Crippen LogP contribution is 2.26. The van der Waals surface area contributed by atoms with Gasteiger partial charge < -0.3 is 21.3 Å². The molecule has 0 unspecified atom stereocenters. The average Bonchev–Trinajstić information content (AvgIpc) is 2.25. The van der Waals surface area contributed by atoms with E-state index in [1.54, 1.807) is 0 Å². The van der Waals surface area contributed by atoms with Crippen LogP contribution in [0, 0.1) is 10.1 Å². The summed E-state index contributed by atoms with van der Waals surface area (Å²) in [5, 5.41) is 30.8. The Morgan fingerprint density at radius 1 is 1.50 bits per heavy atom. The summed E-state index contributed by atoms with van der Waals surface area (Å²) in [4.78, 5) is 17.1. The van der Waals surface area contributed by atoms with Crippen molar-refractivity contribution in [3.8, 4) is 0 Å². The van der Waals surface area contributed by atoms with E-state index in [-0.39, 0.29) is 11.6 Å². The first-order valence-electron chi connectivity index (χ1n) is 4.33. The second-order valence-electron chi connectivity index (χ2n) is 2.92. The number of aliphatic hydroxyl groups is 2. The van der Waals surface area contributed by atoms with Crippen molar-refractivity contribution in [2.45, 2.75) is 6.04 Å². The molecule has 0 aromatic carbocycles. The van der Waals surface area contributed by atoms with Gasteiger partial charge in [0.25, 0.3) is 0 Å². The highest BCUT2D eigenvalue weighted by molar-refractivity contribution is 5.67. The minimum absolute atomic E-state index is 0.134. The van der Waals surface area contributed by atoms with Gasteiger partial charge >= 0.3 is 5.69 Å². The Hall–Kier alpha value is -2.00. The maximum atomic E-state index is 10.7. The van der Waals surface area contributed by atoms with Gasteiger partial charge in [0.15, 0.2) is 0 Å². The quantitative estimate of drug-likeness (QED) is 0.361. The average molecular weight is 229 g/mol. The van der Waals surface area contributed by atoms with Crippen LogP contribution in [0.2, 0.25) is 0 Å². The Morgan fingerprint density at radius 3 is 2.62 bits per heavy atom. The van der Waals surface area contributed by atoms with Gasteiger partial charge in [-0.05, 0) is 0 Å². The van der Waals surface area contributed by atoms with Crippen LogP contribution in [0.3, 0.4) is 0 Å². The minimum Gasteiger partial charge on any atom is -0.394 e. The molecule has 88 valence electrons. The van der Waals surface area contributed by atoms with Crippen molar-refractivity contribution in [1.82, 2.24) is 9.97 Å². The van der Waals surface area contributed by atoms with Gasteiger partial charge in [-0.15, -0.1) is 0 Å². The second-order valence-corrected chi connectivity index (χ2v) is 2.92. The van der Waals surface area contributed by atoms with Crippen molar-refractivity contribution in [2.75, 3.05) is 24.3 Å². The number of hydrogen-bond acceptors (Lipinski definition) is 8. The predicted molar refractivity (Wildman–Crippen MR) is 54.7 cm³/mol. The Balaban J connectivity index is 3.03. The lowest BCUT2D eigenvalue weighted by Gasteiger charge is -2.13. The molecule has 1 rings (SSSR count). The first-order valence-corrected chi connectivity index (χ1v) is 4.33. The van der Waals surface area contributed by atoms with E-state index in [0.717, 1.165) is 6.33 Å². The van der Waals surface area contributed by atoms with Crippen LogP contribution in [0.1, 0.15) is 0 Å². The van der Waals surface area contributed by atoms with Gasteiger partial charge in [-0.25, -0.2) is 9.97 Å². The van der Waals surface area contributed by atoms with Crippen LogP contribution in [-0.4, -0.2) is 44.4 Å². The van der Waals surface area contributed by atoms with Crippen molar-refractivity contribution < 1.29 is 15.1 Å². The van der Waals surface area contributed by atoms with Gasteiger partial charge in [-0.1, -0.05) is 0 Å². The fourth-order valence-electron chi connectivity index (χ4n) is 1.02. The molecule has 0 fully saturated rings. The van der Waals surface area contributed by atoms with Crippen LogP contribution in [-0.2, 0) is 0 Å². The van der Waals surface area contributed by atoms with Crippen LogP contribution < -0.4 is 11.1 Å². The standard InChI is InChI=1S/C7H11N5O4/c8-6-5(12(15)16)7(10-3-9-6)11-4(1-13)2-14/h3-4,13-14H,1-2H2,(H3,8,9,10,11). The lowest BCUT2D eigenvalue weighted by Crippen LogP contribution is -2.28. The number of nitrogens with zero attached hydrogens (tertiary/aromatic N) is 3. The minimum atomic E-state index is -0.743. The zero-order chi connectivity index (χ0) is 12.1. The number of hydrogen-bond donors (Lipinski definition) is 4. The second kappa shape index (κ2) is 5.19. The third kappa shape index (κ3) is 2.52. The molecule has 1 aromatic rings. The molecule has 9 nitrogen and oxygen atoms in total. The Labute approximate surface area is 90.1 Å². The summed E-state index contributed by atoms with van der Waals surface area (Å²) in [6.45, 7) is -0.783. The number of aliphatic hydroxyl groups excluding tert-OH is 2. The third-order valence-corrected chi connectivity index (χ3v) is 1.81. The smallest absolute Gasteiger partial charge is 0.352 e. The van der Waals surface area contributed by atoms with Crippen LogP contribution >= 0.6 is 0 Å². The molecule has 0 bridgehead atoms. The number of aromatic nitrogens is 2. The Morgan fingerprint density at radius 2 is 2.12 bits per heavy atom. The largest absolute Gasteiger partial charge is 0.394 e. The summed E-state index contributed by atoms with van der Waals surface area (Å²) in [7, 11) is 0. The highest BCUT2D eigenvalue weighted by Gasteiger charge is 2.22. The molecule has 0 atom stereocenters. The normalized spacial score (nSPS) is 10.4. The monoisotopic (exact) mass is 229 g/mol. The van der Waals surface area contributed by atoms with E-state index in [9.17, 15) is 10.1 Å². The molecule has 0 spiro atoms. The number of nitrogens with one attached hydrogen (secondary N) is 1. The summed E-state index contributed by atoms with van der Waals surface area (Å²) in [5.74, 6) is -0.414. The highest BCUT2D eigenvalue weighted by atomic mass is 16.6. The first kappa shape index (κ1) is 12.1. The zero-order valence-electron chi connectivity index (χ0n) is 8.20. The van der Waals surface area contributed by atoms with Gasteiger partial charge in [0.2, 0.25) is 11.6 Å². The van der Waals surface area contributed by atoms with Crippen LogP contribution in [0.4, 0.5) is 17.3 Å². The van der Waals surface area contributed by atoms with Crippen molar-refractivity contribution in [2.24, 2.45) is 0 Å². The van der Waals surface area contributed by atoms with Gasteiger partial charge in [0.05, 0.1) is 24.2 Å². The number of anilines is 2. The molecule has 0 aliphatic rings. The predicted octanol–water partition coefficient (Wildman–Crippen LogP) is -1.27. The lowest BCUT2D eigenvalue weighted by molar-refractivity contribution is -0.383. The molecular formula is C7H11N5O4. The molecule has 0 saturated heterocycles. The fourth-order valence-corrected chi connectivity index (χ4v) is 1.02. The third-order valence-electron chi connectivity index (χ3n) is 1.81. The van der Waals surface area contributed by atoms with Crippen molar-refractivity contribution in [3.05, 3.63) is 16.4 Å². The SMILES string of the molecule is Nc1ncnc(NC(CO)CO)c1[N+](=O)[O-]. The van der Waals surface area contributed by atoms with Gasteiger partial charge in [0.1, 0.15) is 6.33 Å². The molecule has 0 aliphatic carbocycles. The molecule has 0 radical (unpaired) electrons. The molecule has 1 heterocycles. The molecule has 16 heavy (non-hydrogen) atoms. The van der Waals surface area contributed by atoms with Crippen LogP contribution in [0.5, 0.6) is 0 Å². The summed E-state index contributed by atoms with van der Waals surface area (Å²) >= 11 is 0. The van der Waals surface area contributed by atoms with Crippen LogP contribution in [0.25, 0.3) is 0 Å². The van der Waals surface area contributed by atoms with Crippen LogP contribution in [0.15, 0.2) is 6.33 Å².